The van der Waals surface area contributed by atoms with Gasteiger partial charge in [0.05, 0.1) is 0 Å². The van der Waals surface area contributed by atoms with E-state index in [0.717, 1.165) is 5.56 Å². The first-order chi connectivity index (χ1) is 5.33. The first-order valence-electron chi connectivity index (χ1n) is 3.31. The molecule has 0 saturated carbocycles. The lowest BCUT2D eigenvalue weighted by Gasteiger charge is -1.91. The molecule has 0 saturated heterocycles. The Kier molecular flexibility index (Phi) is 3.12. The third-order valence-electron chi connectivity index (χ3n) is 1.25. The van der Waals surface area contributed by atoms with E-state index in [1.165, 1.54) is 12.1 Å². The van der Waals surface area contributed by atoms with E-state index in [-0.39, 0.29) is 5.82 Å². The van der Waals surface area contributed by atoms with Gasteiger partial charge in [0.15, 0.2) is 0 Å². The summed E-state index contributed by atoms with van der Waals surface area (Å²) in [5.41, 5.74) is 0.839. The van der Waals surface area contributed by atoms with Gasteiger partial charge in [0.25, 0.3) is 0 Å². The van der Waals surface area contributed by atoms with Crippen molar-refractivity contribution < 1.29 is 4.39 Å². The van der Waals surface area contributed by atoms with Crippen LogP contribution in [0.5, 0.6) is 0 Å². The van der Waals surface area contributed by atoms with Crippen molar-refractivity contribution in [1.29, 1.82) is 0 Å². The maximum Gasteiger partial charge on any atom is 0.123 e. The largest absolute Gasteiger partial charge is 0.207 e. The highest BCUT2D eigenvalue weighted by molar-refractivity contribution is 6.19. The summed E-state index contributed by atoms with van der Waals surface area (Å²) in [6, 6.07) is 6.37. The minimum atomic E-state index is -0.221. The monoisotopic (exact) mass is 170 g/mol. The van der Waals surface area contributed by atoms with E-state index in [9.17, 15) is 4.39 Å². The lowest BCUT2D eigenvalue weighted by Crippen LogP contribution is -1.75. The molecule has 1 rings (SSSR count). The van der Waals surface area contributed by atoms with Gasteiger partial charge in [-0.1, -0.05) is 24.3 Å². The summed E-state index contributed by atoms with van der Waals surface area (Å²) in [5.74, 6) is 0.234. The summed E-state index contributed by atoms with van der Waals surface area (Å²) in [5, 5.41) is 0. The molecule has 0 bridgehead atoms. The second kappa shape index (κ2) is 4.14. The maximum absolute atomic E-state index is 12.5. The standard InChI is InChI=1S/C9H8ClF/c10-6-2-4-8-3-1-5-9(11)7-8/h1-5,7H,6H2/b4-2+. The SMILES string of the molecule is Fc1cccc(/C=C/CCl)c1. The van der Waals surface area contributed by atoms with Gasteiger partial charge in [0.2, 0.25) is 0 Å². The number of allylic oxidation sites excluding steroid dienone is 1. The van der Waals surface area contributed by atoms with Crippen molar-refractivity contribution in [3.05, 3.63) is 41.7 Å². The van der Waals surface area contributed by atoms with Gasteiger partial charge in [-0.2, -0.15) is 0 Å². The molecule has 0 unspecified atom stereocenters. The molecule has 0 heterocycles. The van der Waals surface area contributed by atoms with Gasteiger partial charge < -0.3 is 0 Å². The van der Waals surface area contributed by atoms with Crippen molar-refractivity contribution in [3.63, 3.8) is 0 Å². The lowest BCUT2D eigenvalue weighted by molar-refractivity contribution is 0.627. The van der Waals surface area contributed by atoms with E-state index in [0.29, 0.717) is 5.88 Å². The smallest absolute Gasteiger partial charge is 0.123 e. The van der Waals surface area contributed by atoms with Crippen molar-refractivity contribution in [1.82, 2.24) is 0 Å². The maximum atomic E-state index is 12.5. The molecule has 0 nitrogen and oxygen atoms in total. The van der Waals surface area contributed by atoms with Gasteiger partial charge in [-0.05, 0) is 17.7 Å². The third kappa shape index (κ3) is 2.72. The van der Waals surface area contributed by atoms with E-state index < -0.39 is 0 Å². The summed E-state index contributed by atoms with van der Waals surface area (Å²) in [6.07, 6.45) is 3.56. The highest BCUT2D eigenvalue weighted by Crippen LogP contribution is 2.05. The van der Waals surface area contributed by atoms with Crippen LogP contribution in [0.1, 0.15) is 5.56 Å². The third-order valence-corrected chi connectivity index (χ3v) is 1.43. The van der Waals surface area contributed by atoms with E-state index in [1.54, 1.807) is 18.2 Å². The lowest BCUT2D eigenvalue weighted by atomic mass is 10.2. The molecule has 0 fully saturated rings. The van der Waals surface area contributed by atoms with E-state index >= 15 is 0 Å². The summed E-state index contributed by atoms with van der Waals surface area (Å²) >= 11 is 5.41. The second-order valence-electron chi connectivity index (χ2n) is 2.11. The van der Waals surface area contributed by atoms with E-state index in [1.807, 2.05) is 6.07 Å². The van der Waals surface area contributed by atoms with Crippen LogP contribution >= 0.6 is 11.6 Å². The normalized spacial score (nSPS) is 10.7. The van der Waals surface area contributed by atoms with Crippen LogP contribution in [0, 0.1) is 5.82 Å². The molecule has 0 spiro atoms. The molecule has 0 aromatic heterocycles. The van der Waals surface area contributed by atoms with Crippen LogP contribution in [0.4, 0.5) is 4.39 Å². The summed E-state index contributed by atoms with van der Waals surface area (Å²) in [6.45, 7) is 0. The predicted molar refractivity (Wildman–Crippen MR) is 46.2 cm³/mol. The first kappa shape index (κ1) is 8.28. The number of hydrogen-bond donors (Lipinski definition) is 0. The number of hydrogen-bond acceptors (Lipinski definition) is 0. The molecule has 58 valence electrons. The molecule has 0 amide bonds. The molecule has 0 aliphatic rings. The fraction of sp³-hybridized carbons (Fsp3) is 0.111. The molecule has 0 N–H and O–H groups in total. The van der Waals surface area contributed by atoms with Crippen molar-refractivity contribution in [2.45, 2.75) is 0 Å². The summed E-state index contributed by atoms with van der Waals surface area (Å²) in [4.78, 5) is 0. The zero-order valence-electron chi connectivity index (χ0n) is 5.93. The summed E-state index contributed by atoms with van der Waals surface area (Å²) < 4.78 is 12.5. The Labute approximate surface area is 70.3 Å². The number of rotatable bonds is 2. The Morgan fingerprint density at radius 2 is 2.27 bits per heavy atom. The van der Waals surface area contributed by atoms with Crippen molar-refractivity contribution in [2.75, 3.05) is 5.88 Å². The van der Waals surface area contributed by atoms with Crippen LogP contribution in [-0.2, 0) is 0 Å². The van der Waals surface area contributed by atoms with Gasteiger partial charge in [-0.15, -0.1) is 11.6 Å². The zero-order valence-corrected chi connectivity index (χ0v) is 6.68. The molecular formula is C9H8ClF. The van der Waals surface area contributed by atoms with E-state index in [4.69, 9.17) is 11.6 Å². The van der Waals surface area contributed by atoms with Gasteiger partial charge in [-0.3, -0.25) is 0 Å². The number of halogens is 2. The molecule has 2 heteroatoms. The van der Waals surface area contributed by atoms with Crippen molar-refractivity contribution in [2.24, 2.45) is 0 Å². The molecule has 0 aliphatic carbocycles. The highest BCUT2D eigenvalue weighted by atomic mass is 35.5. The molecule has 0 radical (unpaired) electrons. The second-order valence-corrected chi connectivity index (χ2v) is 2.42. The number of alkyl halides is 1. The quantitative estimate of drug-likeness (QED) is 0.599. The van der Waals surface area contributed by atoms with Gasteiger partial charge in [0.1, 0.15) is 5.82 Å². The van der Waals surface area contributed by atoms with Crippen LogP contribution < -0.4 is 0 Å². The average molecular weight is 171 g/mol. The minimum Gasteiger partial charge on any atom is -0.207 e. The Morgan fingerprint density at radius 1 is 1.45 bits per heavy atom. The summed E-state index contributed by atoms with van der Waals surface area (Å²) in [7, 11) is 0. The molecule has 11 heavy (non-hydrogen) atoms. The Bertz CT molecular complexity index is 255. The van der Waals surface area contributed by atoms with Crippen LogP contribution in [0.25, 0.3) is 6.08 Å². The van der Waals surface area contributed by atoms with E-state index in [2.05, 4.69) is 0 Å². The average Bonchev–Trinajstić information content (AvgIpc) is 2.01. The predicted octanol–water partition coefficient (Wildman–Crippen LogP) is 3.08. The zero-order chi connectivity index (χ0) is 8.10. The van der Waals surface area contributed by atoms with Crippen molar-refractivity contribution >= 4 is 17.7 Å². The fourth-order valence-corrected chi connectivity index (χ4v) is 0.880. The highest BCUT2D eigenvalue weighted by Gasteiger charge is 1.88. The minimum absolute atomic E-state index is 0.221. The molecule has 0 aliphatic heterocycles. The molecule has 1 aromatic carbocycles. The Balaban J connectivity index is 2.79. The van der Waals surface area contributed by atoms with Gasteiger partial charge in [-0.25, -0.2) is 4.39 Å². The molecule has 1 aromatic rings. The molecular weight excluding hydrogens is 163 g/mol. The van der Waals surface area contributed by atoms with Crippen molar-refractivity contribution in [3.8, 4) is 0 Å². The van der Waals surface area contributed by atoms with Gasteiger partial charge >= 0.3 is 0 Å². The Hall–Kier alpha value is -0.820. The fourth-order valence-electron chi connectivity index (χ4n) is 0.791. The van der Waals surface area contributed by atoms with Crippen LogP contribution in [-0.4, -0.2) is 5.88 Å². The van der Waals surface area contributed by atoms with Gasteiger partial charge in [0, 0.05) is 5.88 Å². The Morgan fingerprint density at radius 3 is 2.91 bits per heavy atom. The van der Waals surface area contributed by atoms with Crippen LogP contribution in [0.2, 0.25) is 0 Å². The number of benzene rings is 1. The first-order valence-corrected chi connectivity index (χ1v) is 3.84. The topological polar surface area (TPSA) is 0 Å². The molecule has 0 atom stereocenters. The van der Waals surface area contributed by atoms with Crippen LogP contribution in [0.3, 0.4) is 0 Å². The van der Waals surface area contributed by atoms with Crippen LogP contribution in [0.15, 0.2) is 30.3 Å².